The quantitative estimate of drug-likeness (QED) is 0.836. The summed E-state index contributed by atoms with van der Waals surface area (Å²) in [5, 5.41) is 3.64. The molecule has 3 heteroatoms. The number of hydrogen-bond donors (Lipinski definition) is 1. The number of rotatable bonds is 7. The van der Waals surface area contributed by atoms with Gasteiger partial charge in [0.25, 0.3) is 0 Å². The predicted molar refractivity (Wildman–Crippen MR) is 86.8 cm³/mol. The summed E-state index contributed by atoms with van der Waals surface area (Å²) in [6.07, 6.45) is 3.42. The van der Waals surface area contributed by atoms with Gasteiger partial charge in [0.15, 0.2) is 0 Å². The van der Waals surface area contributed by atoms with Crippen LogP contribution in [0.5, 0.6) is 0 Å². The zero-order valence-electron chi connectivity index (χ0n) is 13.7. The van der Waals surface area contributed by atoms with Gasteiger partial charge in [0.1, 0.15) is 6.10 Å². The second-order valence-electron chi connectivity index (χ2n) is 5.65. The molecule has 1 aromatic carbocycles. The second kappa shape index (κ2) is 8.52. The third-order valence-electron chi connectivity index (χ3n) is 4.18. The molecule has 1 aliphatic heterocycles. The van der Waals surface area contributed by atoms with E-state index >= 15 is 0 Å². The molecule has 1 heterocycles. The molecule has 2 rings (SSSR count). The molecule has 0 saturated carbocycles. The van der Waals surface area contributed by atoms with Crippen molar-refractivity contribution < 1.29 is 9.47 Å². The number of ether oxygens (including phenoxy) is 2. The van der Waals surface area contributed by atoms with Gasteiger partial charge in [-0.05, 0) is 42.5 Å². The molecule has 2 atom stereocenters. The zero-order valence-corrected chi connectivity index (χ0v) is 13.7. The van der Waals surface area contributed by atoms with Gasteiger partial charge in [-0.25, -0.2) is 0 Å². The lowest BCUT2D eigenvalue weighted by atomic mass is 9.94. The van der Waals surface area contributed by atoms with Crippen molar-refractivity contribution in [2.24, 2.45) is 0 Å². The molecular weight excluding hydrogens is 262 g/mol. The maximum atomic E-state index is 5.93. The summed E-state index contributed by atoms with van der Waals surface area (Å²) in [7, 11) is 0. The number of hydrogen-bond acceptors (Lipinski definition) is 3. The zero-order chi connectivity index (χ0) is 15.1. The Bertz CT molecular complexity index is 427. The Morgan fingerprint density at radius 3 is 2.57 bits per heavy atom. The molecule has 2 unspecified atom stereocenters. The molecule has 0 spiro atoms. The van der Waals surface area contributed by atoms with Crippen LogP contribution in [-0.4, -0.2) is 32.5 Å². The van der Waals surface area contributed by atoms with Crippen LogP contribution in [0, 0.1) is 0 Å². The van der Waals surface area contributed by atoms with E-state index in [-0.39, 0.29) is 12.1 Å². The molecule has 118 valence electrons. The van der Waals surface area contributed by atoms with Crippen molar-refractivity contribution in [2.75, 3.05) is 26.4 Å². The summed E-state index contributed by atoms with van der Waals surface area (Å²) in [5.74, 6) is 0. The SMILES string of the molecule is CCCNC(c1ccc(CC)c(CC)c1)C1COCCO1. The van der Waals surface area contributed by atoms with Crippen LogP contribution in [0.25, 0.3) is 0 Å². The van der Waals surface area contributed by atoms with E-state index in [0.29, 0.717) is 19.8 Å². The minimum Gasteiger partial charge on any atom is -0.376 e. The average molecular weight is 291 g/mol. The van der Waals surface area contributed by atoms with Gasteiger partial charge < -0.3 is 14.8 Å². The van der Waals surface area contributed by atoms with Gasteiger partial charge >= 0.3 is 0 Å². The van der Waals surface area contributed by atoms with Gasteiger partial charge in [0, 0.05) is 0 Å². The fraction of sp³-hybridized carbons (Fsp3) is 0.667. The van der Waals surface area contributed by atoms with Gasteiger partial charge in [0.2, 0.25) is 0 Å². The van der Waals surface area contributed by atoms with Crippen molar-refractivity contribution in [1.82, 2.24) is 5.32 Å². The lowest BCUT2D eigenvalue weighted by Gasteiger charge is -2.32. The Labute approximate surface area is 129 Å². The maximum Gasteiger partial charge on any atom is 0.100 e. The van der Waals surface area contributed by atoms with Crippen LogP contribution in [0.1, 0.15) is 49.9 Å². The summed E-state index contributed by atoms with van der Waals surface area (Å²) in [6.45, 7) is 9.74. The Balaban J connectivity index is 2.22. The Morgan fingerprint density at radius 1 is 1.14 bits per heavy atom. The van der Waals surface area contributed by atoms with Crippen LogP contribution in [0.2, 0.25) is 0 Å². The maximum absolute atomic E-state index is 5.93. The molecule has 1 aromatic rings. The van der Waals surface area contributed by atoms with Crippen LogP contribution in [0.3, 0.4) is 0 Å². The van der Waals surface area contributed by atoms with Crippen LogP contribution in [0.4, 0.5) is 0 Å². The fourth-order valence-electron chi connectivity index (χ4n) is 2.98. The summed E-state index contributed by atoms with van der Waals surface area (Å²) in [4.78, 5) is 0. The molecule has 0 aliphatic carbocycles. The Kier molecular flexibility index (Phi) is 6.68. The predicted octanol–water partition coefficient (Wildman–Crippen LogP) is 3.27. The molecule has 1 aliphatic rings. The first kappa shape index (κ1) is 16.5. The van der Waals surface area contributed by atoms with E-state index in [2.05, 4.69) is 44.3 Å². The molecule has 0 bridgehead atoms. The minimum atomic E-state index is 0.113. The summed E-state index contributed by atoms with van der Waals surface area (Å²) in [6, 6.07) is 7.10. The van der Waals surface area contributed by atoms with Gasteiger partial charge in [0.05, 0.1) is 25.9 Å². The van der Waals surface area contributed by atoms with Crippen molar-refractivity contribution in [3.05, 3.63) is 34.9 Å². The summed E-state index contributed by atoms with van der Waals surface area (Å²) >= 11 is 0. The molecule has 0 aromatic heterocycles. The number of benzene rings is 1. The summed E-state index contributed by atoms with van der Waals surface area (Å²) in [5.41, 5.74) is 4.24. The Morgan fingerprint density at radius 2 is 1.95 bits per heavy atom. The molecule has 1 saturated heterocycles. The smallest absolute Gasteiger partial charge is 0.100 e. The molecule has 3 nitrogen and oxygen atoms in total. The van der Waals surface area contributed by atoms with Gasteiger partial charge in [-0.3, -0.25) is 0 Å². The normalized spacial score (nSPS) is 20.4. The molecule has 21 heavy (non-hydrogen) atoms. The van der Waals surface area contributed by atoms with Crippen molar-refractivity contribution in [2.45, 2.75) is 52.2 Å². The number of nitrogens with one attached hydrogen (secondary N) is 1. The lowest BCUT2D eigenvalue weighted by Crippen LogP contribution is -2.41. The summed E-state index contributed by atoms with van der Waals surface area (Å²) < 4.78 is 11.5. The van der Waals surface area contributed by atoms with Crippen LogP contribution in [-0.2, 0) is 22.3 Å². The van der Waals surface area contributed by atoms with Crippen molar-refractivity contribution >= 4 is 0 Å². The largest absolute Gasteiger partial charge is 0.376 e. The highest BCUT2D eigenvalue weighted by molar-refractivity contribution is 5.34. The molecule has 0 radical (unpaired) electrons. The Hall–Kier alpha value is -0.900. The van der Waals surface area contributed by atoms with Crippen molar-refractivity contribution in [3.8, 4) is 0 Å². The van der Waals surface area contributed by atoms with Gasteiger partial charge in [-0.15, -0.1) is 0 Å². The van der Waals surface area contributed by atoms with E-state index in [4.69, 9.17) is 9.47 Å². The van der Waals surface area contributed by atoms with E-state index in [0.717, 1.165) is 25.8 Å². The molecule has 0 amide bonds. The standard InChI is InChI=1S/C18H29NO2/c1-4-9-19-18(17-13-20-10-11-21-17)16-8-7-14(5-2)15(6-3)12-16/h7-8,12,17-19H,4-6,9-11,13H2,1-3H3. The number of aryl methyl sites for hydroxylation is 2. The van der Waals surface area contributed by atoms with E-state index in [9.17, 15) is 0 Å². The molecule has 1 N–H and O–H groups in total. The van der Waals surface area contributed by atoms with Crippen molar-refractivity contribution in [3.63, 3.8) is 0 Å². The minimum absolute atomic E-state index is 0.113. The van der Waals surface area contributed by atoms with E-state index in [1.54, 1.807) is 0 Å². The van der Waals surface area contributed by atoms with Crippen LogP contribution in [0.15, 0.2) is 18.2 Å². The first-order chi connectivity index (χ1) is 10.3. The first-order valence-electron chi connectivity index (χ1n) is 8.34. The van der Waals surface area contributed by atoms with E-state index in [1.165, 1.54) is 16.7 Å². The second-order valence-corrected chi connectivity index (χ2v) is 5.65. The average Bonchev–Trinajstić information content (AvgIpc) is 2.56. The van der Waals surface area contributed by atoms with Crippen LogP contribution < -0.4 is 5.32 Å². The van der Waals surface area contributed by atoms with Gasteiger partial charge in [-0.1, -0.05) is 39.0 Å². The molecular formula is C18H29NO2. The third-order valence-corrected chi connectivity index (χ3v) is 4.18. The highest BCUT2D eigenvalue weighted by Crippen LogP contribution is 2.25. The third kappa shape index (κ3) is 4.29. The highest BCUT2D eigenvalue weighted by atomic mass is 16.6. The lowest BCUT2D eigenvalue weighted by molar-refractivity contribution is -0.102. The molecule has 1 fully saturated rings. The monoisotopic (exact) mass is 291 g/mol. The fourth-order valence-corrected chi connectivity index (χ4v) is 2.98. The van der Waals surface area contributed by atoms with Crippen molar-refractivity contribution in [1.29, 1.82) is 0 Å². The first-order valence-corrected chi connectivity index (χ1v) is 8.34. The topological polar surface area (TPSA) is 30.5 Å². The highest BCUT2D eigenvalue weighted by Gasteiger charge is 2.26. The van der Waals surface area contributed by atoms with E-state index < -0.39 is 0 Å². The van der Waals surface area contributed by atoms with Crippen LogP contribution >= 0.6 is 0 Å². The van der Waals surface area contributed by atoms with E-state index in [1.807, 2.05) is 0 Å². The van der Waals surface area contributed by atoms with Gasteiger partial charge in [-0.2, -0.15) is 0 Å².